The highest BCUT2D eigenvalue weighted by atomic mass is 32.1. The molecule has 2 heterocycles. The summed E-state index contributed by atoms with van der Waals surface area (Å²) in [6.45, 7) is 3.46. The first kappa shape index (κ1) is 23.3. The first-order valence-electron chi connectivity index (χ1n) is 10.4. The zero-order valence-electron chi connectivity index (χ0n) is 18.8. The number of carbonyl (C=O) groups is 2. The number of hydrogen-bond donors (Lipinski definition) is 1. The number of anilines is 3. The van der Waals surface area contributed by atoms with Crippen LogP contribution in [0.3, 0.4) is 0 Å². The highest BCUT2D eigenvalue weighted by Crippen LogP contribution is 2.32. The molecule has 7 nitrogen and oxygen atoms in total. The molecule has 2 aromatic heterocycles. The predicted molar refractivity (Wildman–Crippen MR) is 138 cm³/mol. The lowest BCUT2D eigenvalue weighted by Crippen LogP contribution is -2.22. The molecule has 0 aliphatic rings. The van der Waals surface area contributed by atoms with Gasteiger partial charge in [0.1, 0.15) is 5.75 Å². The Morgan fingerprint density at radius 1 is 1.06 bits per heavy atom. The van der Waals surface area contributed by atoms with Gasteiger partial charge in [0.2, 0.25) is 11.8 Å². The van der Waals surface area contributed by atoms with Gasteiger partial charge in [-0.25, -0.2) is 9.97 Å². The molecule has 9 heteroatoms. The Morgan fingerprint density at radius 2 is 1.79 bits per heavy atom. The highest BCUT2D eigenvalue weighted by Gasteiger charge is 2.17. The number of carbonyl (C=O) groups excluding carboxylic acids is 2. The van der Waals surface area contributed by atoms with Crippen LogP contribution in [0.2, 0.25) is 0 Å². The van der Waals surface area contributed by atoms with E-state index in [2.05, 4.69) is 15.3 Å². The Hall–Kier alpha value is -3.82. The fourth-order valence-electron chi connectivity index (χ4n) is 3.23. The summed E-state index contributed by atoms with van der Waals surface area (Å²) in [5.41, 5.74) is 3.10. The van der Waals surface area contributed by atoms with Crippen molar-refractivity contribution in [1.29, 1.82) is 0 Å². The first-order valence-corrected chi connectivity index (χ1v) is 12.1. The molecule has 1 N–H and O–H groups in total. The molecule has 0 aliphatic heterocycles. The van der Waals surface area contributed by atoms with Crippen LogP contribution in [0.25, 0.3) is 17.3 Å². The number of rotatable bonds is 7. The van der Waals surface area contributed by atoms with E-state index in [9.17, 15) is 9.59 Å². The minimum absolute atomic E-state index is 0.138. The van der Waals surface area contributed by atoms with Crippen molar-refractivity contribution in [2.45, 2.75) is 13.8 Å². The molecule has 172 valence electrons. The molecule has 2 amide bonds. The van der Waals surface area contributed by atoms with Crippen LogP contribution in [0, 0.1) is 6.92 Å². The van der Waals surface area contributed by atoms with Crippen molar-refractivity contribution in [1.82, 2.24) is 9.97 Å². The number of aryl methyl sites for hydroxylation is 1. The van der Waals surface area contributed by atoms with Crippen molar-refractivity contribution >= 4 is 56.5 Å². The third kappa shape index (κ3) is 5.38. The normalized spacial score (nSPS) is 10.9. The molecule has 2 aromatic carbocycles. The third-order valence-corrected chi connectivity index (χ3v) is 6.56. The Labute approximate surface area is 205 Å². The number of amides is 2. The quantitative estimate of drug-likeness (QED) is 0.325. The molecule has 0 atom stereocenters. The third-order valence-electron chi connectivity index (χ3n) is 4.83. The number of nitrogens with zero attached hydrogens (tertiary/aromatic N) is 3. The van der Waals surface area contributed by atoms with Crippen LogP contribution < -0.4 is 15.0 Å². The number of aromatic nitrogens is 2. The Morgan fingerprint density at radius 3 is 2.47 bits per heavy atom. The topological polar surface area (TPSA) is 84.4 Å². The van der Waals surface area contributed by atoms with Crippen LogP contribution in [0.15, 0.2) is 66.1 Å². The van der Waals surface area contributed by atoms with Gasteiger partial charge in [-0.1, -0.05) is 18.2 Å². The van der Waals surface area contributed by atoms with E-state index in [4.69, 9.17) is 4.74 Å². The van der Waals surface area contributed by atoms with E-state index in [0.29, 0.717) is 16.0 Å². The van der Waals surface area contributed by atoms with Gasteiger partial charge in [-0.2, -0.15) is 0 Å². The van der Waals surface area contributed by atoms with E-state index in [0.717, 1.165) is 27.6 Å². The summed E-state index contributed by atoms with van der Waals surface area (Å²) in [5.74, 6) is 0.326. The lowest BCUT2D eigenvalue weighted by atomic mass is 10.1. The number of nitrogens with one attached hydrogen (secondary N) is 1. The van der Waals surface area contributed by atoms with Gasteiger partial charge < -0.3 is 4.74 Å². The molecule has 0 saturated heterocycles. The number of ether oxygens (including phenoxy) is 1. The largest absolute Gasteiger partial charge is 0.497 e. The van der Waals surface area contributed by atoms with Gasteiger partial charge in [-0.05, 0) is 49.4 Å². The maximum Gasteiger partial charge on any atom is 0.250 e. The second-order valence-corrected chi connectivity index (χ2v) is 9.26. The number of methoxy groups -OCH3 is 1. The summed E-state index contributed by atoms with van der Waals surface area (Å²) < 4.78 is 5.20. The lowest BCUT2D eigenvalue weighted by Gasteiger charge is -2.17. The van der Waals surface area contributed by atoms with Gasteiger partial charge in [0.05, 0.1) is 24.2 Å². The van der Waals surface area contributed by atoms with E-state index >= 15 is 0 Å². The van der Waals surface area contributed by atoms with Gasteiger partial charge in [0, 0.05) is 28.8 Å². The van der Waals surface area contributed by atoms with E-state index in [1.165, 1.54) is 35.7 Å². The van der Waals surface area contributed by atoms with Crippen molar-refractivity contribution in [3.63, 3.8) is 0 Å². The average molecular weight is 491 g/mol. The van der Waals surface area contributed by atoms with Gasteiger partial charge in [-0.3, -0.25) is 19.8 Å². The minimum atomic E-state index is -0.309. The molecule has 34 heavy (non-hydrogen) atoms. The fraction of sp³-hybridized carbons (Fsp3) is 0.120. The van der Waals surface area contributed by atoms with Crippen molar-refractivity contribution < 1.29 is 14.3 Å². The van der Waals surface area contributed by atoms with E-state index < -0.39 is 0 Å². The maximum atomic E-state index is 12.5. The molecule has 0 unspecified atom stereocenters. The first-order chi connectivity index (χ1) is 16.4. The summed E-state index contributed by atoms with van der Waals surface area (Å²) in [5, 5.41) is 5.66. The highest BCUT2D eigenvalue weighted by molar-refractivity contribution is 7.16. The molecular weight excluding hydrogens is 468 g/mol. The molecule has 0 spiro atoms. The maximum absolute atomic E-state index is 12.5. The Balaban J connectivity index is 1.44. The van der Waals surface area contributed by atoms with Crippen LogP contribution in [0.5, 0.6) is 5.75 Å². The number of para-hydroxylation sites is 1. The lowest BCUT2D eigenvalue weighted by molar-refractivity contribution is -0.116. The molecule has 4 rings (SSSR count). The molecular formula is C25H22N4O3S2. The van der Waals surface area contributed by atoms with E-state index in [1.54, 1.807) is 23.5 Å². The van der Waals surface area contributed by atoms with Crippen LogP contribution in [-0.4, -0.2) is 28.9 Å². The molecule has 0 fully saturated rings. The minimum Gasteiger partial charge on any atom is -0.497 e. The van der Waals surface area contributed by atoms with Crippen LogP contribution in [-0.2, 0) is 9.59 Å². The molecule has 0 bridgehead atoms. The van der Waals surface area contributed by atoms with Gasteiger partial charge >= 0.3 is 0 Å². The molecule has 0 radical (unpaired) electrons. The standard InChI is InChI=1S/C25H22N4O3S2/c1-16-23(18-9-12-21(32-3)13-10-18)28-24(34-16)27-22(31)14-11-19-15-33-25(26-19)29(17(2)30)20-7-5-4-6-8-20/h4-15H,1-3H3,(H,27,28,31). The van der Waals surface area contributed by atoms with E-state index in [1.807, 2.05) is 61.5 Å². The second-order valence-electron chi connectivity index (χ2n) is 7.22. The van der Waals surface area contributed by atoms with Gasteiger partial charge in [0.15, 0.2) is 10.3 Å². The molecule has 0 aliphatic carbocycles. The number of hydrogen-bond acceptors (Lipinski definition) is 7. The predicted octanol–water partition coefficient (Wildman–Crippen LogP) is 5.92. The van der Waals surface area contributed by atoms with Crippen molar-refractivity contribution in [3.05, 3.63) is 76.6 Å². The van der Waals surface area contributed by atoms with E-state index in [-0.39, 0.29) is 11.8 Å². The average Bonchev–Trinajstić information content (AvgIpc) is 3.44. The number of thiazole rings is 2. The van der Waals surface area contributed by atoms with Crippen molar-refractivity contribution in [3.8, 4) is 17.0 Å². The summed E-state index contributed by atoms with van der Waals surface area (Å²) in [6, 6.07) is 16.9. The summed E-state index contributed by atoms with van der Waals surface area (Å²) in [6.07, 6.45) is 3.02. The van der Waals surface area contributed by atoms with Gasteiger partial charge in [-0.15, -0.1) is 22.7 Å². The summed E-state index contributed by atoms with van der Waals surface area (Å²) >= 11 is 2.75. The van der Waals surface area contributed by atoms with Crippen molar-refractivity contribution in [2.24, 2.45) is 0 Å². The Bertz CT molecular complexity index is 1330. The zero-order valence-corrected chi connectivity index (χ0v) is 20.4. The fourth-order valence-corrected chi connectivity index (χ4v) is 4.93. The van der Waals surface area contributed by atoms with Crippen LogP contribution in [0.1, 0.15) is 17.5 Å². The molecule has 0 saturated carbocycles. The number of benzene rings is 2. The second kappa shape index (κ2) is 10.4. The Kier molecular flexibility index (Phi) is 7.15. The van der Waals surface area contributed by atoms with Crippen LogP contribution in [0.4, 0.5) is 16.0 Å². The monoisotopic (exact) mass is 490 g/mol. The zero-order chi connectivity index (χ0) is 24.1. The molecule has 4 aromatic rings. The van der Waals surface area contributed by atoms with Gasteiger partial charge in [0.25, 0.3) is 0 Å². The summed E-state index contributed by atoms with van der Waals surface area (Å²) in [4.78, 5) is 36.2. The SMILES string of the molecule is COc1ccc(-c2nc(NC(=O)C=Cc3csc(N(C(C)=O)c4ccccc4)n3)sc2C)cc1. The smallest absolute Gasteiger partial charge is 0.250 e. The summed E-state index contributed by atoms with van der Waals surface area (Å²) in [7, 11) is 1.62. The van der Waals surface area contributed by atoms with Crippen LogP contribution >= 0.6 is 22.7 Å². The van der Waals surface area contributed by atoms with Crippen molar-refractivity contribution in [2.75, 3.05) is 17.3 Å².